The average molecular weight is 294 g/mol. The van der Waals surface area contributed by atoms with Crippen LogP contribution in [0.4, 0.5) is 0 Å². The summed E-state index contributed by atoms with van der Waals surface area (Å²) in [6.07, 6.45) is 1.39. The summed E-state index contributed by atoms with van der Waals surface area (Å²) >= 11 is 0. The van der Waals surface area contributed by atoms with Crippen molar-refractivity contribution >= 4 is 5.91 Å². The van der Waals surface area contributed by atoms with Crippen molar-refractivity contribution < 1.29 is 14.3 Å². The molecule has 0 aliphatic carbocycles. The Hall–Kier alpha value is -1.75. The highest BCUT2D eigenvalue weighted by Gasteiger charge is 2.27. The fourth-order valence-corrected chi connectivity index (χ4v) is 2.00. The molecule has 1 aromatic carbocycles. The lowest BCUT2D eigenvalue weighted by atomic mass is 9.96. The van der Waals surface area contributed by atoms with Crippen molar-refractivity contribution in [2.45, 2.75) is 45.3 Å². The fourth-order valence-electron chi connectivity index (χ4n) is 2.00. The monoisotopic (exact) mass is 294 g/mol. The van der Waals surface area contributed by atoms with Crippen LogP contribution in [0.25, 0.3) is 0 Å². The first-order valence-corrected chi connectivity index (χ1v) is 7.27. The van der Waals surface area contributed by atoms with Crippen LogP contribution in [0.3, 0.4) is 0 Å². The molecule has 0 aliphatic heterocycles. The summed E-state index contributed by atoms with van der Waals surface area (Å²) in [7, 11) is 1.62. The molecule has 0 saturated heterocycles. The van der Waals surface area contributed by atoms with E-state index in [2.05, 4.69) is 5.32 Å². The molecule has 1 amide bonds. The summed E-state index contributed by atoms with van der Waals surface area (Å²) < 4.78 is 10.8. The molecule has 3 N–H and O–H groups in total. The van der Waals surface area contributed by atoms with Gasteiger partial charge in [0.2, 0.25) is 5.91 Å². The third kappa shape index (κ3) is 5.63. The van der Waals surface area contributed by atoms with Gasteiger partial charge in [-0.15, -0.1) is 0 Å². The number of carbonyl (C=O) groups is 1. The largest absolute Gasteiger partial charge is 0.497 e. The van der Waals surface area contributed by atoms with Crippen molar-refractivity contribution in [3.63, 3.8) is 0 Å². The lowest BCUT2D eigenvalue weighted by molar-refractivity contribution is -0.126. The molecule has 2 atom stereocenters. The van der Waals surface area contributed by atoms with Gasteiger partial charge in [-0.2, -0.15) is 0 Å². The summed E-state index contributed by atoms with van der Waals surface area (Å²) in [6, 6.07) is 7.33. The number of ether oxygens (including phenoxy) is 2. The second-order valence-electron chi connectivity index (χ2n) is 5.48. The van der Waals surface area contributed by atoms with Crippen LogP contribution in [0.15, 0.2) is 24.3 Å². The second kappa shape index (κ2) is 7.88. The van der Waals surface area contributed by atoms with Gasteiger partial charge in [0, 0.05) is 0 Å². The molecule has 0 fully saturated rings. The number of carbonyl (C=O) groups excluding carboxylic acids is 1. The molecular weight excluding hydrogens is 268 g/mol. The zero-order chi connectivity index (χ0) is 15.9. The number of rotatable bonds is 8. The van der Waals surface area contributed by atoms with E-state index in [-0.39, 0.29) is 12.0 Å². The maximum Gasteiger partial charge on any atom is 0.239 e. The first-order valence-electron chi connectivity index (χ1n) is 7.27. The van der Waals surface area contributed by atoms with Gasteiger partial charge in [-0.3, -0.25) is 4.79 Å². The highest BCUT2D eigenvalue weighted by molar-refractivity contribution is 5.85. The fraction of sp³-hybridized carbons (Fsp3) is 0.562. The summed E-state index contributed by atoms with van der Waals surface area (Å²) in [5, 5.41) is 2.84. The zero-order valence-corrected chi connectivity index (χ0v) is 13.3. The zero-order valence-electron chi connectivity index (χ0n) is 13.3. The van der Waals surface area contributed by atoms with Crippen LogP contribution in [0, 0.1) is 0 Å². The minimum Gasteiger partial charge on any atom is -0.497 e. The van der Waals surface area contributed by atoms with E-state index in [9.17, 15) is 4.79 Å². The topological polar surface area (TPSA) is 73.6 Å². The quantitative estimate of drug-likeness (QED) is 0.770. The van der Waals surface area contributed by atoms with Gasteiger partial charge in [-0.1, -0.05) is 13.3 Å². The SMILES string of the molecule is CCCC(C)(N)C(=O)NCC(C)Oc1ccc(OC)cc1. The number of methoxy groups -OCH3 is 1. The predicted molar refractivity (Wildman–Crippen MR) is 83.6 cm³/mol. The van der Waals surface area contributed by atoms with Crippen LogP contribution >= 0.6 is 0 Å². The van der Waals surface area contributed by atoms with E-state index in [1.165, 1.54) is 0 Å². The van der Waals surface area contributed by atoms with E-state index in [0.29, 0.717) is 13.0 Å². The molecule has 2 unspecified atom stereocenters. The highest BCUT2D eigenvalue weighted by atomic mass is 16.5. The molecule has 0 saturated carbocycles. The van der Waals surface area contributed by atoms with Crippen LogP contribution in [0.2, 0.25) is 0 Å². The first kappa shape index (κ1) is 17.3. The lowest BCUT2D eigenvalue weighted by Crippen LogP contribution is -2.53. The molecule has 0 radical (unpaired) electrons. The third-order valence-electron chi connectivity index (χ3n) is 3.23. The Morgan fingerprint density at radius 2 is 1.90 bits per heavy atom. The number of amides is 1. The van der Waals surface area contributed by atoms with Gasteiger partial charge < -0.3 is 20.5 Å². The Morgan fingerprint density at radius 1 is 1.33 bits per heavy atom. The van der Waals surface area contributed by atoms with Crippen molar-refractivity contribution in [3.8, 4) is 11.5 Å². The van der Waals surface area contributed by atoms with E-state index in [1.54, 1.807) is 14.0 Å². The number of nitrogens with one attached hydrogen (secondary N) is 1. The molecular formula is C16H26N2O3. The maximum absolute atomic E-state index is 12.0. The molecule has 118 valence electrons. The molecule has 5 heteroatoms. The lowest BCUT2D eigenvalue weighted by Gasteiger charge is -2.24. The van der Waals surface area contributed by atoms with Gasteiger partial charge in [0.25, 0.3) is 0 Å². The maximum atomic E-state index is 12.0. The molecule has 1 aromatic rings. The predicted octanol–water partition coefficient (Wildman–Crippen LogP) is 2.10. The van der Waals surface area contributed by atoms with E-state index >= 15 is 0 Å². The first-order chi connectivity index (χ1) is 9.89. The van der Waals surface area contributed by atoms with E-state index in [4.69, 9.17) is 15.2 Å². The Kier molecular flexibility index (Phi) is 6.49. The molecule has 0 bridgehead atoms. The van der Waals surface area contributed by atoms with Crippen LogP contribution < -0.4 is 20.5 Å². The molecule has 0 aliphatic rings. The molecule has 21 heavy (non-hydrogen) atoms. The van der Waals surface area contributed by atoms with Crippen molar-refractivity contribution in [2.75, 3.05) is 13.7 Å². The van der Waals surface area contributed by atoms with Crippen molar-refractivity contribution in [3.05, 3.63) is 24.3 Å². The van der Waals surface area contributed by atoms with E-state index in [0.717, 1.165) is 17.9 Å². The number of hydrogen-bond acceptors (Lipinski definition) is 4. The third-order valence-corrected chi connectivity index (χ3v) is 3.23. The molecule has 0 heterocycles. The Labute approximate surface area is 126 Å². The van der Waals surface area contributed by atoms with Crippen LogP contribution in [-0.4, -0.2) is 31.2 Å². The molecule has 0 aromatic heterocycles. The Morgan fingerprint density at radius 3 is 2.43 bits per heavy atom. The molecule has 0 spiro atoms. The number of benzene rings is 1. The standard InChI is InChI=1S/C16H26N2O3/c1-5-10-16(3,17)15(19)18-11-12(2)21-14-8-6-13(20-4)7-9-14/h6-9,12H,5,10-11,17H2,1-4H3,(H,18,19). The molecule has 5 nitrogen and oxygen atoms in total. The minimum absolute atomic E-state index is 0.139. The average Bonchev–Trinajstić information content (AvgIpc) is 2.45. The van der Waals surface area contributed by atoms with E-state index < -0.39 is 5.54 Å². The van der Waals surface area contributed by atoms with Crippen LogP contribution in [0.5, 0.6) is 11.5 Å². The molecule has 1 rings (SSSR count). The van der Waals surface area contributed by atoms with Gasteiger partial charge in [0.15, 0.2) is 0 Å². The summed E-state index contributed by atoms with van der Waals surface area (Å²) in [5.41, 5.74) is 5.15. The normalized spacial score (nSPS) is 14.9. The van der Waals surface area contributed by atoms with Crippen LogP contribution in [0.1, 0.15) is 33.6 Å². The summed E-state index contributed by atoms with van der Waals surface area (Å²) in [6.45, 7) is 6.08. The summed E-state index contributed by atoms with van der Waals surface area (Å²) in [4.78, 5) is 12.0. The Balaban J connectivity index is 2.43. The minimum atomic E-state index is -0.825. The van der Waals surface area contributed by atoms with Crippen molar-refractivity contribution in [1.29, 1.82) is 0 Å². The van der Waals surface area contributed by atoms with Crippen LogP contribution in [-0.2, 0) is 4.79 Å². The van der Waals surface area contributed by atoms with Gasteiger partial charge in [0.1, 0.15) is 17.6 Å². The van der Waals surface area contributed by atoms with E-state index in [1.807, 2.05) is 38.1 Å². The van der Waals surface area contributed by atoms with Crippen molar-refractivity contribution in [2.24, 2.45) is 5.73 Å². The number of hydrogen-bond donors (Lipinski definition) is 2. The van der Waals surface area contributed by atoms with Gasteiger partial charge in [-0.05, 0) is 44.5 Å². The van der Waals surface area contributed by atoms with Crippen molar-refractivity contribution in [1.82, 2.24) is 5.32 Å². The van der Waals surface area contributed by atoms with Gasteiger partial charge in [0.05, 0.1) is 19.2 Å². The van der Waals surface area contributed by atoms with Gasteiger partial charge in [-0.25, -0.2) is 0 Å². The second-order valence-corrected chi connectivity index (χ2v) is 5.48. The summed E-state index contributed by atoms with van der Waals surface area (Å²) in [5.74, 6) is 1.37. The Bertz CT molecular complexity index is 443. The smallest absolute Gasteiger partial charge is 0.239 e. The number of nitrogens with two attached hydrogens (primary N) is 1. The highest BCUT2D eigenvalue weighted by Crippen LogP contribution is 2.18. The van der Waals surface area contributed by atoms with Gasteiger partial charge >= 0.3 is 0 Å².